The first-order valence-electron chi connectivity index (χ1n) is 10.0. The summed E-state index contributed by atoms with van der Waals surface area (Å²) in [6, 6.07) is 5.79. The molecule has 7 nitrogen and oxygen atoms in total. The van der Waals surface area contributed by atoms with Crippen molar-refractivity contribution >= 4 is 5.91 Å². The zero-order valence-corrected chi connectivity index (χ0v) is 16.4. The fourth-order valence-corrected chi connectivity index (χ4v) is 3.76. The predicted molar refractivity (Wildman–Crippen MR) is 105 cm³/mol. The molecule has 0 saturated carbocycles. The van der Waals surface area contributed by atoms with Crippen LogP contribution in [0.25, 0.3) is 0 Å². The maximum absolute atomic E-state index is 12.8. The Bertz CT molecular complexity index is 731. The number of likely N-dealkylation sites (tertiary alicyclic amines) is 1. The summed E-state index contributed by atoms with van der Waals surface area (Å²) in [6.45, 7) is 5.77. The molecule has 0 bridgehead atoms. The van der Waals surface area contributed by atoms with E-state index in [1.54, 1.807) is 6.07 Å². The number of piperidine rings is 1. The molecule has 1 amide bonds. The van der Waals surface area contributed by atoms with Gasteiger partial charge >= 0.3 is 0 Å². The Morgan fingerprint density at radius 3 is 2.89 bits per heavy atom. The number of aryl methyl sites for hydroxylation is 1. The molecule has 2 aliphatic heterocycles. The number of β-amino-alcohol motifs (C(OH)–C–C–N with tert-alkyl or cyclic N) is 1. The lowest BCUT2D eigenvalue weighted by Gasteiger charge is -2.36. The van der Waals surface area contributed by atoms with Crippen molar-refractivity contribution in [2.45, 2.75) is 38.7 Å². The van der Waals surface area contributed by atoms with Crippen LogP contribution in [0.4, 0.5) is 0 Å². The van der Waals surface area contributed by atoms with Crippen molar-refractivity contribution in [3.05, 3.63) is 23.3 Å². The van der Waals surface area contributed by atoms with E-state index in [4.69, 9.17) is 14.7 Å². The fraction of sp³-hybridized carbons (Fsp3) is 0.619. The van der Waals surface area contributed by atoms with Crippen molar-refractivity contribution in [3.63, 3.8) is 0 Å². The summed E-state index contributed by atoms with van der Waals surface area (Å²) in [5.41, 5.74) is 1.43. The van der Waals surface area contributed by atoms with Crippen LogP contribution in [0.3, 0.4) is 0 Å². The summed E-state index contributed by atoms with van der Waals surface area (Å²) < 4.78 is 11.6. The summed E-state index contributed by atoms with van der Waals surface area (Å²) in [5.74, 6) is 0.988. The van der Waals surface area contributed by atoms with Gasteiger partial charge in [0.05, 0.1) is 31.0 Å². The monoisotopic (exact) mass is 387 g/mol. The van der Waals surface area contributed by atoms with Gasteiger partial charge in [-0.3, -0.25) is 4.79 Å². The lowest BCUT2D eigenvalue weighted by atomic mass is 9.93. The zero-order chi connectivity index (χ0) is 19.9. The third-order valence-electron chi connectivity index (χ3n) is 5.43. The van der Waals surface area contributed by atoms with Gasteiger partial charge in [-0.05, 0) is 44.5 Å². The number of nitrogens with zero attached hydrogens (tertiary/aromatic N) is 2. The number of aliphatic hydroxyl groups excluding tert-OH is 1. The Labute approximate surface area is 166 Å². The smallest absolute Gasteiger partial charge is 0.255 e. The summed E-state index contributed by atoms with van der Waals surface area (Å²) in [7, 11) is 0. The number of benzene rings is 1. The van der Waals surface area contributed by atoms with Gasteiger partial charge in [0.25, 0.3) is 5.91 Å². The van der Waals surface area contributed by atoms with Crippen molar-refractivity contribution in [1.82, 2.24) is 10.2 Å². The standard InChI is InChI=1S/C21H29N3O4/c1-15-5-6-17(20-19(15)27-11-4-12-28-20)21(26)23-13-16-7-10-24(14-18(16)25)9-3-2-8-22/h5-6,16,18,25H,2-4,7,9-14H2,1H3,(H,23,26)/t16-,18?/m0/s1. The molecule has 0 aliphatic carbocycles. The first-order chi connectivity index (χ1) is 13.6. The molecule has 2 heterocycles. The van der Waals surface area contributed by atoms with Crippen LogP contribution in [0.15, 0.2) is 12.1 Å². The molecule has 0 aromatic heterocycles. The topological polar surface area (TPSA) is 94.8 Å². The van der Waals surface area contributed by atoms with Crippen molar-refractivity contribution in [3.8, 4) is 17.6 Å². The Kier molecular flexibility index (Phi) is 7.12. The summed E-state index contributed by atoms with van der Waals surface area (Å²) in [6.07, 6.45) is 2.49. The van der Waals surface area contributed by atoms with Gasteiger partial charge in [-0.25, -0.2) is 0 Å². The van der Waals surface area contributed by atoms with Gasteiger partial charge in [0.15, 0.2) is 11.5 Å². The van der Waals surface area contributed by atoms with Gasteiger partial charge in [0.2, 0.25) is 0 Å². The highest BCUT2D eigenvalue weighted by atomic mass is 16.5. The second kappa shape index (κ2) is 9.76. The number of unbranched alkanes of at least 4 members (excludes halogenated alkanes) is 1. The number of aliphatic hydroxyl groups is 1. The second-order valence-electron chi connectivity index (χ2n) is 7.53. The number of hydrogen-bond donors (Lipinski definition) is 2. The highest BCUT2D eigenvalue weighted by Gasteiger charge is 2.28. The number of nitrogens with one attached hydrogen (secondary N) is 1. The Morgan fingerprint density at radius 1 is 1.36 bits per heavy atom. The predicted octanol–water partition coefficient (Wildman–Crippen LogP) is 1.87. The third-order valence-corrected chi connectivity index (χ3v) is 5.43. The van der Waals surface area contributed by atoms with Gasteiger partial charge in [0, 0.05) is 31.8 Å². The molecule has 152 valence electrons. The number of ether oxygens (including phenoxy) is 2. The van der Waals surface area contributed by atoms with Crippen molar-refractivity contribution in [1.29, 1.82) is 5.26 Å². The van der Waals surface area contributed by atoms with E-state index in [0.29, 0.717) is 49.8 Å². The lowest BCUT2D eigenvalue weighted by molar-refractivity contribution is 0.0219. The number of carbonyl (C=O) groups excluding carboxylic acids is 1. The van der Waals surface area contributed by atoms with Gasteiger partial charge in [-0.15, -0.1) is 0 Å². The normalized spacial score (nSPS) is 22.2. The third kappa shape index (κ3) is 4.94. The first kappa shape index (κ1) is 20.4. The zero-order valence-electron chi connectivity index (χ0n) is 16.4. The Balaban J connectivity index is 1.56. The number of rotatable bonds is 6. The van der Waals surface area contributed by atoms with Crippen molar-refractivity contribution < 1.29 is 19.4 Å². The number of carbonyl (C=O) groups is 1. The second-order valence-corrected chi connectivity index (χ2v) is 7.53. The Morgan fingerprint density at radius 2 is 2.14 bits per heavy atom. The number of amides is 1. The van der Waals surface area contributed by atoms with Gasteiger partial charge < -0.3 is 24.8 Å². The maximum Gasteiger partial charge on any atom is 0.255 e. The summed E-state index contributed by atoms with van der Waals surface area (Å²) in [5, 5.41) is 22.0. The molecule has 0 radical (unpaired) electrons. The molecular formula is C21H29N3O4. The summed E-state index contributed by atoms with van der Waals surface area (Å²) in [4.78, 5) is 14.9. The maximum atomic E-state index is 12.8. The number of fused-ring (bicyclic) bond motifs is 1. The molecule has 1 unspecified atom stereocenters. The van der Waals surface area contributed by atoms with E-state index in [9.17, 15) is 9.90 Å². The minimum Gasteiger partial charge on any atom is -0.489 e. The molecular weight excluding hydrogens is 358 g/mol. The van der Waals surface area contributed by atoms with Crippen LogP contribution in [0, 0.1) is 24.2 Å². The largest absolute Gasteiger partial charge is 0.489 e. The van der Waals surface area contributed by atoms with Crippen LogP contribution in [-0.2, 0) is 0 Å². The Hall–Kier alpha value is -2.30. The molecule has 2 atom stereocenters. The van der Waals surface area contributed by atoms with Crippen molar-refractivity contribution in [2.24, 2.45) is 5.92 Å². The molecule has 2 aliphatic rings. The van der Waals surface area contributed by atoms with Crippen molar-refractivity contribution in [2.75, 3.05) is 39.4 Å². The highest BCUT2D eigenvalue weighted by molar-refractivity contribution is 5.98. The molecule has 1 aromatic carbocycles. The fourth-order valence-electron chi connectivity index (χ4n) is 3.76. The SMILES string of the molecule is Cc1ccc(C(=O)NC[C@@H]2CCN(CCCC#N)CC2O)c2c1OCCCO2. The molecule has 1 aromatic rings. The molecule has 7 heteroatoms. The van der Waals surface area contributed by atoms with Gasteiger partial charge in [-0.1, -0.05) is 6.07 Å². The molecule has 0 spiro atoms. The van der Waals surface area contributed by atoms with E-state index < -0.39 is 6.10 Å². The molecule has 28 heavy (non-hydrogen) atoms. The van der Waals surface area contributed by atoms with Crippen LogP contribution in [-0.4, -0.2) is 61.4 Å². The molecule has 1 fully saturated rings. The van der Waals surface area contributed by atoms with Crippen LogP contribution in [0.2, 0.25) is 0 Å². The van der Waals surface area contributed by atoms with E-state index in [1.165, 1.54) is 0 Å². The minimum absolute atomic E-state index is 0.0254. The van der Waals surface area contributed by atoms with Gasteiger partial charge in [0.1, 0.15) is 0 Å². The van der Waals surface area contributed by atoms with E-state index >= 15 is 0 Å². The number of nitriles is 1. The van der Waals surface area contributed by atoms with Crippen LogP contribution in [0.5, 0.6) is 11.5 Å². The van der Waals surface area contributed by atoms with Crippen LogP contribution < -0.4 is 14.8 Å². The lowest BCUT2D eigenvalue weighted by Crippen LogP contribution is -2.47. The first-order valence-corrected chi connectivity index (χ1v) is 10.0. The van der Waals surface area contributed by atoms with E-state index in [-0.39, 0.29) is 11.8 Å². The average molecular weight is 387 g/mol. The average Bonchev–Trinajstić information content (AvgIpc) is 2.94. The molecule has 1 saturated heterocycles. The van der Waals surface area contributed by atoms with E-state index in [2.05, 4.69) is 16.3 Å². The highest BCUT2D eigenvalue weighted by Crippen LogP contribution is 2.36. The summed E-state index contributed by atoms with van der Waals surface area (Å²) >= 11 is 0. The quantitative estimate of drug-likeness (QED) is 0.724. The molecule has 3 rings (SSSR count). The van der Waals surface area contributed by atoms with Crippen LogP contribution >= 0.6 is 0 Å². The van der Waals surface area contributed by atoms with E-state index in [1.807, 2.05) is 13.0 Å². The minimum atomic E-state index is -0.481. The van der Waals surface area contributed by atoms with Gasteiger partial charge in [-0.2, -0.15) is 5.26 Å². The number of hydrogen-bond acceptors (Lipinski definition) is 6. The molecule has 2 N–H and O–H groups in total. The van der Waals surface area contributed by atoms with E-state index in [0.717, 1.165) is 37.9 Å². The van der Waals surface area contributed by atoms with Crippen LogP contribution in [0.1, 0.15) is 41.6 Å².